The van der Waals surface area contributed by atoms with E-state index >= 15 is 0 Å². The van der Waals surface area contributed by atoms with Gasteiger partial charge in [-0.1, -0.05) is 12.1 Å². The van der Waals surface area contributed by atoms with Crippen molar-refractivity contribution in [3.63, 3.8) is 0 Å². The van der Waals surface area contributed by atoms with Crippen molar-refractivity contribution in [1.29, 1.82) is 0 Å². The maximum atomic E-state index is 12.7. The topological polar surface area (TPSA) is 17.1 Å². The molecule has 1 aromatic carbocycles. The monoisotopic (exact) mass is 254 g/mol. The van der Waals surface area contributed by atoms with Crippen molar-refractivity contribution in [3.8, 4) is 0 Å². The summed E-state index contributed by atoms with van der Waals surface area (Å²) in [6, 6.07) is 7.37. The van der Waals surface area contributed by atoms with Gasteiger partial charge in [0.2, 0.25) is 0 Å². The highest BCUT2D eigenvalue weighted by molar-refractivity contribution is 7.08. The maximum absolute atomic E-state index is 12.7. The molecule has 16 heavy (non-hydrogen) atoms. The molecule has 2 aromatic rings. The van der Waals surface area contributed by atoms with Crippen LogP contribution in [0.25, 0.3) is 0 Å². The Balaban J connectivity index is 2.22. The molecule has 1 atom stereocenters. The zero-order valence-electron chi connectivity index (χ0n) is 8.19. The van der Waals surface area contributed by atoms with Crippen LogP contribution >= 0.6 is 22.9 Å². The minimum Gasteiger partial charge on any atom is -0.292 e. The third kappa shape index (κ3) is 2.31. The van der Waals surface area contributed by atoms with E-state index in [0.29, 0.717) is 11.1 Å². The number of hydrogen-bond donors (Lipinski definition) is 0. The third-order valence-electron chi connectivity index (χ3n) is 2.20. The molecule has 1 nitrogen and oxygen atoms in total. The Morgan fingerprint density at radius 3 is 2.50 bits per heavy atom. The Morgan fingerprint density at radius 2 is 1.94 bits per heavy atom. The van der Waals surface area contributed by atoms with Gasteiger partial charge in [0.1, 0.15) is 11.2 Å². The lowest BCUT2D eigenvalue weighted by Gasteiger charge is -2.07. The molecule has 0 radical (unpaired) electrons. The first-order valence-corrected chi connectivity index (χ1v) is 6.02. The summed E-state index contributed by atoms with van der Waals surface area (Å²) < 4.78 is 12.7. The summed E-state index contributed by atoms with van der Waals surface area (Å²) in [6.45, 7) is 0. The second kappa shape index (κ2) is 4.76. The number of carbonyl (C=O) groups is 1. The Hall–Kier alpha value is -1.19. The van der Waals surface area contributed by atoms with E-state index in [1.54, 1.807) is 11.4 Å². The molecule has 0 aliphatic rings. The fraction of sp³-hybridized carbons (Fsp3) is 0.0833. The smallest absolute Gasteiger partial charge is 0.185 e. The van der Waals surface area contributed by atoms with Gasteiger partial charge in [0.25, 0.3) is 0 Å². The van der Waals surface area contributed by atoms with Crippen molar-refractivity contribution in [2.45, 2.75) is 5.38 Å². The van der Waals surface area contributed by atoms with E-state index in [1.807, 2.05) is 5.38 Å². The molecule has 0 amide bonds. The summed E-state index contributed by atoms with van der Waals surface area (Å²) in [4.78, 5) is 11.9. The molecule has 0 fully saturated rings. The van der Waals surface area contributed by atoms with Gasteiger partial charge in [-0.25, -0.2) is 4.39 Å². The zero-order chi connectivity index (χ0) is 11.5. The van der Waals surface area contributed by atoms with Crippen LogP contribution < -0.4 is 0 Å². The van der Waals surface area contributed by atoms with Crippen LogP contribution in [0.5, 0.6) is 0 Å². The second-order valence-corrected chi connectivity index (χ2v) is 4.51. The predicted octanol–water partition coefficient (Wildman–Crippen LogP) is 4.05. The lowest BCUT2D eigenvalue weighted by atomic mass is 10.0. The molecule has 82 valence electrons. The molecular formula is C12H8ClFOS. The molecule has 0 aliphatic heterocycles. The number of carbonyl (C=O) groups excluding carboxylic acids is 1. The van der Waals surface area contributed by atoms with Crippen LogP contribution in [0.4, 0.5) is 4.39 Å². The molecule has 4 heteroatoms. The number of Topliss-reactive ketones (excluding diaryl/α,β-unsaturated/α-hetero) is 1. The Bertz CT molecular complexity index is 478. The zero-order valence-corrected chi connectivity index (χ0v) is 9.76. The number of alkyl halides is 1. The van der Waals surface area contributed by atoms with Gasteiger partial charge in [-0.3, -0.25) is 4.79 Å². The van der Waals surface area contributed by atoms with E-state index in [4.69, 9.17) is 11.6 Å². The van der Waals surface area contributed by atoms with Crippen molar-refractivity contribution < 1.29 is 9.18 Å². The van der Waals surface area contributed by atoms with Gasteiger partial charge >= 0.3 is 0 Å². The van der Waals surface area contributed by atoms with E-state index in [0.717, 1.165) is 0 Å². The molecule has 0 spiro atoms. The van der Waals surface area contributed by atoms with Crippen molar-refractivity contribution >= 4 is 28.7 Å². The molecule has 2 rings (SSSR count). The number of halogens is 2. The van der Waals surface area contributed by atoms with Crippen LogP contribution in [-0.2, 0) is 0 Å². The molecule has 0 N–H and O–H groups in total. The van der Waals surface area contributed by atoms with Crippen LogP contribution in [0.15, 0.2) is 41.1 Å². The van der Waals surface area contributed by atoms with Crippen molar-refractivity contribution in [2.24, 2.45) is 0 Å². The minimum absolute atomic E-state index is 0.158. The second-order valence-electron chi connectivity index (χ2n) is 3.29. The van der Waals surface area contributed by atoms with E-state index in [-0.39, 0.29) is 11.6 Å². The molecule has 1 unspecified atom stereocenters. The Kier molecular flexibility index (Phi) is 3.36. The highest BCUT2D eigenvalue weighted by atomic mass is 35.5. The molecule has 0 saturated heterocycles. The number of hydrogen-bond acceptors (Lipinski definition) is 2. The first kappa shape index (κ1) is 11.3. The Morgan fingerprint density at radius 1 is 1.25 bits per heavy atom. The fourth-order valence-electron chi connectivity index (χ4n) is 1.33. The van der Waals surface area contributed by atoms with Crippen LogP contribution in [0.1, 0.15) is 21.3 Å². The van der Waals surface area contributed by atoms with Crippen LogP contribution in [0.2, 0.25) is 0 Å². The van der Waals surface area contributed by atoms with Gasteiger partial charge in [-0.15, -0.1) is 11.6 Å². The summed E-state index contributed by atoms with van der Waals surface area (Å²) in [5.74, 6) is -0.495. The van der Waals surface area contributed by atoms with Crippen LogP contribution in [-0.4, -0.2) is 5.78 Å². The van der Waals surface area contributed by atoms with Gasteiger partial charge in [0.05, 0.1) is 0 Å². The fourth-order valence-corrected chi connectivity index (χ4v) is 2.25. The molecular weight excluding hydrogens is 247 g/mol. The van der Waals surface area contributed by atoms with E-state index in [2.05, 4.69) is 0 Å². The van der Waals surface area contributed by atoms with Crippen molar-refractivity contribution in [1.82, 2.24) is 0 Å². The normalized spacial score (nSPS) is 12.4. The highest BCUT2D eigenvalue weighted by Crippen LogP contribution is 2.26. The van der Waals surface area contributed by atoms with E-state index in [1.165, 1.54) is 35.6 Å². The number of benzene rings is 1. The average Bonchev–Trinajstić information content (AvgIpc) is 2.81. The number of thiophene rings is 1. The standard InChI is InChI=1S/C12H8ClFOS/c13-11(8-1-3-10(14)4-2-8)12(15)9-5-6-16-7-9/h1-7,11H. The lowest BCUT2D eigenvalue weighted by Crippen LogP contribution is -2.06. The molecule has 1 heterocycles. The van der Waals surface area contributed by atoms with Gasteiger partial charge in [-0.05, 0) is 29.1 Å². The van der Waals surface area contributed by atoms with Crippen LogP contribution in [0, 0.1) is 5.82 Å². The first-order valence-electron chi connectivity index (χ1n) is 4.64. The van der Waals surface area contributed by atoms with E-state index in [9.17, 15) is 9.18 Å². The van der Waals surface area contributed by atoms with Gasteiger partial charge in [-0.2, -0.15) is 11.3 Å². The van der Waals surface area contributed by atoms with E-state index < -0.39 is 5.38 Å². The summed E-state index contributed by atoms with van der Waals surface area (Å²) >= 11 is 7.48. The minimum atomic E-state index is -0.754. The molecule has 0 aliphatic carbocycles. The van der Waals surface area contributed by atoms with Gasteiger partial charge in [0, 0.05) is 10.9 Å². The Labute approximate surface area is 101 Å². The van der Waals surface area contributed by atoms with Gasteiger partial charge in [0.15, 0.2) is 5.78 Å². The number of rotatable bonds is 3. The molecule has 0 saturated carbocycles. The molecule has 1 aromatic heterocycles. The first-order chi connectivity index (χ1) is 7.68. The largest absolute Gasteiger partial charge is 0.292 e. The van der Waals surface area contributed by atoms with Crippen molar-refractivity contribution in [2.75, 3.05) is 0 Å². The summed E-state index contributed by atoms with van der Waals surface area (Å²) in [6.07, 6.45) is 0. The quantitative estimate of drug-likeness (QED) is 0.597. The van der Waals surface area contributed by atoms with Gasteiger partial charge < -0.3 is 0 Å². The third-order valence-corrected chi connectivity index (χ3v) is 3.33. The summed E-state index contributed by atoms with van der Waals surface area (Å²) in [5, 5.41) is 2.82. The summed E-state index contributed by atoms with van der Waals surface area (Å²) in [5.41, 5.74) is 1.20. The SMILES string of the molecule is O=C(c1ccsc1)C(Cl)c1ccc(F)cc1. The molecule has 0 bridgehead atoms. The average molecular weight is 255 g/mol. The predicted molar refractivity (Wildman–Crippen MR) is 63.6 cm³/mol. The summed E-state index contributed by atoms with van der Waals surface area (Å²) in [7, 11) is 0. The van der Waals surface area contributed by atoms with Crippen LogP contribution in [0.3, 0.4) is 0 Å². The maximum Gasteiger partial charge on any atom is 0.185 e. The highest BCUT2D eigenvalue weighted by Gasteiger charge is 2.19. The van der Waals surface area contributed by atoms with Crippen molar-refractivity contribution in [3.05, 3.63) is 58.0 Å². The number of ketones is 1. The lowest BCUT2D eigenvalue weighted by molar-refractivity contribution is 0.0987.